The molecule has 23 heavy (non-hydrogen) atoms. The van der Waals surface area contributed by atoms with Gasteiger partial charge in [-0.25, -0.2) is 0 Å². The minimum absolute atomic E-state index is 0.111. The minimum atomic E-state index is -0.846. The third kappa shape index (κ3) is 5.79. The van der Waals surface area contributed by atoms with E-state index in [1.165, 1.54) is 0 Å². The molecular formula is C19H29NO3. The van der Waals surface area contributed by atoms with Crippen molar-refractivity contribution >= 4 is 11.8 Å². The highest BCUT2D eigenvalue weighted by Crippen LogP contribution is 2.23. The van der Waals surface area contributed by atoms with Crippen LogP contribution in [0.4, 0.5) is 0 Å². The van der Waals surface area contributed by atoms with Gasteiger partial charge in [-0.05, 0) is 26.3 Å². The molecule has 2 N–H and O–H groups in total. The van der Waals surface area contributed by atoms with Crippen molar-refractivity contribution in [2.45, 2.75) is 60.1 Å². The highest BCUT2D eigenvalue weighted by atomic mass is 16.5. The molecule has 0 amide bonds. The van der Waals surface area contributed by atoms with Gasteiger partial charge < -0.3 is 10.5 Å². The van der Waals surface area contributed by atoms with Crippen LogP contribution in [-0.4, -0.2) is 23.9 Å². The van der Waals surface area contributed by atoms with Gasteiger partial charge in [-0.2, -0.15) is 0 Å². The lowest BCUT2D eigenvalue weighted by atomic mass is 9.83. The van der Waals surface area contributed by atoms with Crippen LogP contribution in [-0.2, 0) is 20.7 Å². The molecule has 1 rings (SSSR count). The predicted molar refractivity (Wildman–Crippen MR) is 91.9 cm³/mol. The fraction of sp³-hybridized carbons (Fsp3) is 0.579. The van der Waals surface area contributed by atoms with E-state index in [-0.39, 0.29) is 11.8 Å². The molecule has 0 spiro atoms. The lowest BCUT2D eigenvalue weighted by Crippen LogP contribution is -2.50. The fourth-order valence-corrected chi connectivity index (χ4v) is 2.07. The molecule has 1 aromatic rings. The molecule has 4 heteroatoms. The summed E-state index contributed by atoms with van der Waals surface area (Å²) in [5.41, 5.74) is 5.92. The van der Waals surface area contributed by atoms with Gasteiger partial charge in [-0.1, -0.05) is 51.1 Å². The van der Waals surface area contributed by atoms with Crippen molar-refractivity contribution in [1.82, 2.24) is 0 Å². The van der Waals surface area contributed by atoms with E-state index >= 15 is 0 Å². The molecule has 0 aliphatic carbocycles. The van der Waals surface area contributed by atoms with Crippen LogP contribution < -0.4 is 5.73 Å². The number of nitrogens with two attached hydrogens (primary N) is 1. The summed E-state index contributed by atoms with van der Waals surface area (Å²) in [5.74, 6) is -0.462. The number of esters is 1. The Labute approximate surface area is 139 Å². The Morgan fingerprint density at radius 2 is 1.52 bits per heavy atom. The van der Waals surface area contributed by atoms with E-state index in [2.05, 4.69) is 0 Å². The quantitative estimate of drug-likeness (QED) is 0.847. The maximum atomic E-state index is 12.5. The van der Waals surface area contributed by atoms with Crippen molar-refractivity contribution in [3.05, 3.63) is 35.9 Å². The molecule has 0 radical (unpaired) electrons. The first-order valence-electron chi connectivity index (χ1n) is 7.98. The molecule has 0 heterocycles. The highest BCUT2D eigenvalue weighted by molar-refractivity contribution is 5.89. The SMILES string of the molecule is CC(C)(C)C(=O)OC(Cc1ccccc1)C(N)C(=O)C(C)(C)C. The zero-order valence-corrected chi connectivity index (χ0v) is 15.1. The molecular weight excluding hydrogens is 290 g/mol. The molecule has 128 valence electrons. The highest BCUT2D eigenvalue weighted by Gasteiger charge is 2.36. The lowest BCUT2D eigenvalue weighted by Gasteiger charge is -2.30. The number of carbonyl (C=O) groups excluding carboxylic acids is 2. The maximum absolute atomic E-state index is 12.5. The zero-order chi connectivity index (χ0) is 17.8. The Morgan fingerprint density at radius 1 is 1.00 bits per heavy atom. The summed E-state index contributed by atoms with van der Waals surface area (Å²) in [6, 6.07) is 8.77. The summed E-state index contributed by atoms with van der Waals surface area (Å²) in [5, 5.41) is 0. The van der Waals surface area contributed by atoms with Crippen LogP contribution in [0.2, 0.25) is 0 Å². The molecule has 0 aromatic heterocycles. The lowest BCUT2D eigenvalue weighted by molar-refractivity contribution is -0.161. The summed E-state index contributed by atoms with van der Waals surface area (Å²) in [6.07, 6.45) is -0.248. The van der Waals surface area contributed by atoms with Gasteiger partial charge in [0.2, 0.25) is 0 Å². The van der Waals surface area contributed by atoms with Crippen molar-refractivity contribution < 1.29 is 14.3 Å². The van der Waals surface area contributed by atoms with Crippen LogP contribution in [0.15, 0.2) is 30.3 Å². The number of benzene rings is 1. The maximum Gasteiger partial charge on any atom is 0.311 e. The van der Waals surface area contributed by atoms with Crippen LogP contribution in [0.1, 0.15) is 47.1 Å². The Kier molecular flexibility index (Phi) is 6.11. The summed E-state index contributed by atoms with van der Waals surface area (Å²) in [6.45, 7) is 10.8. The molecule has 1 aromatic carbocycles. The second-order valence-corrected chi connectivity index (χ2v) is 8.02. The summed E-state index contributed by atoms with van der Waals surface area (Å²) in [7, 11) is 0. The van der Waals surface area contributed by atoms with Gasteiger partial charge in [-0.15, -0.1) is 0 Å². The third-order valence-electron chi connectivity index (χ3n) is 3.59. The van der Waals surface area contributed by atoms with E-state index in [0.717, 1.165) is 5.56 Å². The monoisotopic (exact) mass is 319 g/mol. The molecule has 0 bridgehead atoms. The van der Waals surface area contributed by atoms with Crippen molar-refractivity contribution in [3.63, 3.8) is 0 Å². The second-order valence-electron chi connectivity index (χ2n) is 8.02. The molecule has 0 fully saturated rings. The van der Waals surface area contributed by atoms with Crippen LogP contribution in [0.5, 0.6) is 0 Å². The first-order chi connectivity index (χ1) is 10.4. The summed E-state index contributed by atoms with van der Waals surface area (Å²) < 4.78 is 5.61. The standard InChI is InChI=1S/C19H29NO3/c1-18(2,3)16(21)15(20)14(23-17(22)19(4,5)6)12-13-10-8-7-9-11-13/h7-11,14-15H,12,20H2,1-6H3. The van der Waals surface area contributed by atoms with Gasteiger partial charge in [0.25, 0.3) is 0 Å². The number of hydrogen-bond donors (Lipinski definition) is 1. The average Bonchev–Trinajstić information content (AvgIpc) is 2.44. The molecule has 0 saturated carbocycles. The summed E-state index contributed by atoms with van der Waals surface area (Å²) in [4.78, 5) is 24.8. The van der Waals surface area contributed by atoms with E-state index in [1.807, 2.05) is 51.1 Å². The Balaban J connectivity index is 3.01. The van der Waals surface area contributed by atoms with E-state index in [9.17, 15) is 9.59 Å². The van der Waals surface area contributed by atoms with Gasteiger partial charge in [0.05, 0.1) is 5.41 Å². The first kappa shape index (κ1) is 19.4. The molecule has 4 nitrogen and oxygen atoms in total. The predicted octanol–water partition coefficient (Wildman–Crippen LogP) is 3.13. The fourth-order valence-electron chi connectivity index (χ4n) is 2.07. The van der Waals surface area contributed by atoms with Gasteiger partial charge in [0.15, 0.2) is 5.78 Å². The van der Waals surface area contributed by atoms with Crippen LogP contribution in [0.3, 0.4) is 0 Å². The van der Waals surface area contributed by atoms with E-state index in [1.54, 1.807) is 20.8 Å². The number of ketones is 1. The first-order valence-corrected chi connectivity index (χ1v) is 7.98. The van der Waals surface area contributed by atoms with E-state index < -0.39 is 23.0 Å². The Hall–Kier alpha value is -1.68. The number of Topliss-reactive ketones (excluding diaryl/α,β-unsaturated/α-hetero) is 1. The zero-order valence-electron chi connectivity index (χ0n) is 15.1. The Bertz CT molecular complexity index is 538. The molecule has 2 unspecified atom stereocenters. The van der Waals surface area contributed by atoms with E-state index in [0.29, 0.717) is 6.42 Å². The second kappa shape index (κ2) is 7.26. The third-order valence-corrected chi connectivity index (χ3v) is 3.59. The van der Waals surface area contributed by atoms with Crippen LogP contribution in [0, 0.1) is 10.8 Å². The summed E-state index contributed by atoms with van der Waals surface area (Å²) >= 11 is 0. The normalized spacial score (nSPS) is 14.9. The van der Waals surface area contributed by atoms with Crippen molar-refractivity contribution in [1.29, 1.82) is 0 Å². The van der Waals surface area contributed by atoms with Crippen molar-refractivity contribution in [3.8, 4) is 0 Å². The topological polar surface area (TPSA) is 69.4 Å². The smallest absolute Gasteiger partial charge is 0.311 e. The number of rotatable bonds is 5. The van der Waals surface area contributed by atoms with Gasteiger partial charge in [-0.3, -0.25) is 9.59 Å². The molecule has 0 saturated heterocycles. The van der Waals surface area contributed by atoms with Gasteiger partial charge >= 0.3 is 5.97 Å². The Morgan fingerprint density at radius 3 is 1.96 bits per heavy atom. The number of ether oxygens (including phenoxy) is 1. The largest absolute Gasteiger partial charge is 0.459 e. The minimum Gasteiger partial charge on any atom is -0.459 e. The molecule has 0 aliphatic rings. The van der Waals surface area contributed by atoms with Gasteiger partial charge in [0, 0.05) is 11.8 Å². The van der Waals surface area contributed by atoms with Crippen molar-refractivity contribution in [2.24, 2.45) is 16.6 Å². The van der Waals surface area contributed by atoms with Gasteiger partial charge in [0.1, 0.15) is 12.1 Å². The molecule has 0 aliphatic heterocycles. The van der Waals surface area contributed by atoms with E-state index in [4.69, 9.17) is 10.5 Å². The number of hydrogen-bond acceptors (Lipinski definition) is 4. The average molecular weight is 319 g/mol. The number of carbonyl (C=O) groups is 2. The van der Waals surface area contributed by atoms with Crippen molar-refractivity contribution in [2.75, 3.05) is 0 Å². The molecule has 2 atom stereocenters. The van der Waals surface area contributed by atoms with Crippen LogP contribution in [0.25, 0.3) is 0 Å². The van der Waals surface area contributed by atoms with Crippen LogP contribution >= 0.6 is 0 Å².